The summed E-state index contributed by atoms with van der Waals surface area (Å²) in [4.78, 5) is 0. The summed E-state index contributed by atoms with van der Waals surface area (Å²) in [5.74, 6) is 1.44. The van der Waals surface area contributed by atoms with Crippen LogP contribution >= 0.6 is 11.6 Å². The molecule has 2 unspecified atom stereocenters. The molecular weight excluding hydrogens is 220 g/mol. The number of halogens is 1. The summed E-state index contributed by atoms with van der Waals surface area (Å²) in [7, 11) is 0. The molecular formula is C14H25ClO. The summed E-state index contributed by atoms with van der Waals surface area (Å²) < 4.78 is 6.34. The summed E-state index contributed by atoms with van der Waals surface area (Å²) in [6.45, 7) is 2.23. The van der Waals surface area contributed by atoms with Crippen molar-refractivity contribution in [3.8, 4) is 0 Å². The third kappa shape index (κ3) is 3.13. The average Bonchev–Trinajstić information content (AvgIpc) is 2.70. The first-order valence-electron chi connectivity index (χ1n) is 6.98. The van der Waals surface area contributed by atoms with Gasteiger partial charge in [-0.3, -0.25) is 0 Å². The standard InChI is InChI=1S/C14H25ClO/c1-12(11-15)5-6-13-7-10-14(16-13)8-3-2-4-9-14/h12-13H,2-11H2,1H3. The van der Waals surface area contributed by atoms with Gasteiger partial charge in [-0.15, -0.1) is 11.6 Å². The minimum Gasteiger partial charge on any atom is -0.372 e. The van der Waals surface area contributed by atoms with Crippen molar-refractivity contribution < 1.29 is 4.74 Å². The van der Waals surface area contributed by atoms with E-state index in [1.807, 2.05) is 0 Å². The first kappa shape index (κ1) is 12.7. The van der Waals surface area contributed by atoms with E-state index in [9.17, 15) is 0 Å². The van der Waals surface area contributed by atoms with Crippen molar-refractivity contribution >= 4 is 11.6 Å². The van der Waals surface area contributed by atoms with Crippen molar-refractivity contribution in [3.63, 3.8) is 0 Å². The third-order valence-electron chi connectivity index (χ3n) is 4.35. The van der Waals surface area contributed by atoms with Gasteiger partial charge in [0.1, 0.15) is 0 Å². The van der Waals surface area contributed by atoms with Crippen molar-refractivity contribution in [1.29, 1.82) is 0 Å². The van der Waals surface area contributed by atoms with Crippen LogP contribution in [0.3, 0.4) is 0 Å². The smallest absolute Gasteiger partial charge is 0.0687 e. The molecule has 94 valence electrons. The molecule has 0 aromatic carbocycles. The van der Waals surface area contributed by atoms with Gasteiger partial charge in [0.2, 0.25) is 0 Å². The average molecular weight is 245 g/mol. The van der Waals surface area contributed by atoms with Crippen LogP contribution in [0.4, 0.5) is 0 Å². The Morgan fingerprint density at radius 1 is 1.25 bits per heavy atom. The molecule has 1 nitrogen and oxygen atoms in total. The Kier molecular flexibility index (Phi) is 4.55. The van der Waals surface area contributed by atoms with Crippen molar-refractivity contribution in [3.05, 3.63) is 0 Å². The van der Waals surface area contributed by atoms with Gasteiger partial charge in [-0.05, 0) is 44.4 Å². The van der Waals surface area contributed by atoms with Crippen molar-refractivity contribution in [2.75, 3.05) is 5.88 Å². The Morgan fingerprint density at radius 3 is 2.69 bits per heavy atom. The van der Waals surface area contributed by atoms with Gasteiger partial charge in [-0.1, -0.05) is 26.2 Å². The summed E-state index contributed by atoms with van der Waals surface area (Å²) in [6, 6.07) is 0. The molecule has 0 aromatic rings. The van der Waals surface area contributed by atoms with E-state index in [0.717, 1.165) is 5.88 Å². The van der Waals surface area contributed by atoms with Crippen LogP contribution in [0.1, 0.15) is 64.7 Å². The highest BCUT2D eigenvalue weighted by atomic mass is 35.5. The van der Waals surface area contributed by atoms with E-state index in [-0.39, 0.29) is 0 Å². The second kappa shape index (κ2) is 5.73. The first-order chi connectivity index (χ1) is 7.74. The number of rotatable bonds is 4. The largest absolute Gasteiger partial charge is 0.372 e. The Bertz CT molecular complexity index is 211. The fourth-order valence-corrected chi connectivity index (χ4v) is 3.36. The molecule has 1 saturated heterocycles. The molecule has 2 atom stereocenters. The van der Waals surface area contributed by atoms with Crippen LogP contribution in [0.25, 0.3) is 0 Å². The number of alkyl halides is 1. The van der Waals surface area contributed by atoms with Crippen molar-refractivity contribution in [1.82, 2.24) is 0 Å². The highest BCUT2D eigenvalue weighted by Gasteiger charge is 2.40. The molecule has 2 heteroatoms. The molecule has 1 aliphatic heterocycles. The lowest BCUT2D eigenvalue weighted by molar-refractivity contribution is -0.0666. The molecule has 0 bridgehead atoms. The summed E-state index contributed by atoms with van der Waals surface area (Å²) >= 11 is 5.84. The zero-order valence-electron chi connectivity index (χ0n) is 10.5. The summed E-state index contributed by atoms with van der Waals surface area (Å²) in [6.07, 6.45) is 12.4. The lowest BCUT2D eigenvalue weighted by Gasteiger charge is -2.33. The van der Waals surface area contributed by atoms with Crippen LogP contribution in [-0.4, -0.2) is 17.6 Å². The molecule has 16 heavy (non-hydrogen) atoms. The maximum Gasteiger partial charge on any atom is 0.0687 e. The molecule has 1 aliphatic carbocycles. The Labute approximate surface area is 105 Å². The predicted molar refractivity (Wildman–Crippen MR) is 69.0 cm³/mol. The molecule has 1 spiro atoms. The SMILES string of the molecule is CC(CCl)CCC1CCC2(CCCCC2)O1. The zero-order chi connectivity index (χ0) is 11.4. The molecule has 2 fully saturated rings. The van der Waals surface area contributed by atoms with Crippen LogP contribution in [0.5, 0.6) is 0 Å². The van der Waals surface area contributed by atoms with E-state index in [0.29, 0.717) is 17.6 Å². The third-order valence-corrected chi connectivity index (χ3v) is 4.88. The maximum absolute atomic E-state index is 6.34. The Balaban J connectivity index is 1.74. The topological polar surface area (TPSA) is 9.23 Å². The predicted octanol–water partition coefficient (Wildman–Crippen LogP) is 4.52. The van der Waals surface area contributed by atoms with Gasteiger partial charge in [0.05, 0.1) is 11.7 Å². The minimum absolute atomic E-state index is 0.299. The maximum atomic E-state index is 6.34. The van der Waals surface area contributed by atoms with Crippen LogP contribution in [-0.2, 0) is 4.74 Å². The van der Waals surface area contributed by atoms with Gasteiger partial charge in [0.25, 0.3) is 0 Å². The minimum atomic E-state index is 0.299. The fourth-order valence-electron chi connectivity index (χ4n) is 3.21. The van der Waals surface area contributed by atoms with Crippen LogP contribution in [0.2, 0.25) is 0 Å². The van der Waals surface area contributed by atoms with E-state index >= 15 is 0 Å². The van der Waals surface area contributed by atoms with E-state index in [2.05, 4.69) is 6.92 Å². The lowest BCUT2D eigenvalue weighted by Crippen LogP contribution is -2.31. The number of ether oxygens (including phenoxy) is 1. The molecule has 0 radical (unpaired) electrons. The van der Waals surface area contributed by atoms with Gasteiger partial charge >= 0.3 is 0 Å². The zero-order valence-corrected chi connectivity index (χ0v) is 11.3. The van der Waals surface area contributed by atoms with Gasteiger partial charge in [0.15, 0.2) is 0 Å². The fraction of sp³-hybridized carbons (Fsp3) is 1.00. The van der Waals surface area contributed by atoms with E-state index in [4.69, 9.17) is 16.3 Å². The number of hydrogen-bond acceptors (Lipinski definition) is 1. The van der Waals surface area contributed by atoms with Gasteiger partial charge in [-0.25, -0.2) is 0 Å². The first-order valence-corrected chi connectivity index (χ1v) is 7.51. The van der Waals surface area contributed by atoms with E-state index in [1.54, 1.807) is 0 Å². The van der Waals surface area contributed by atoms with E-state index < -0.39 is 0 Å². The Morgan fingerprint density at radius 2 is 2.00 bits per heavy atom. The molecule has 1 saturated carbocycles. The highest BCUT2D eigenvalue weighted by Crippen LogP contribution is 2.43. The summed E-state index contributed by atoms with van der Waals surface area (Å²) in [5, 5.41) is 0. The van der Waals surface area contributed by atoms with Crippen molar-refractivity contribution in [2.45, 2.75) is 76.4 Å². The normalized spacial score (nSPS) is 30.8. The monoisotopic (exact) mass is 244 g/mol. The number of hydrogen-bond donors (Lipinski definition) is 0. The van der Waals surface area contributed by atoms with Crippen molar-refractivity contribution in [2.24, 2.45) is 5.92 Å². The second-order valence-electron chi connectivity index (χ2n) is 5.86. The highest BCUT2D eigenvalue weighted by molar-refractivity contribution is 6.18. The van der Waals surface area contributed by atoms with Gasteiger partial charge in [-0.2, -0.15) is 0 Å². The van der Waals surface area contributed by atoms with E-state index in [1.165, 1.54) is 57.8 Å². The van der Waals surface area contributed by atoms with Gasteiger partial charge in [0, 0.05) is 5.88 Å². The van der Waals surface area contributed by atoms with Crippen LogP contribution < -0.4 is 0 Å². The molecule has 1 heterocycles. The lowest BCUT2D eigenvalue weighted by atomic mass is 9.83. The van der Waals surface area contributed by atoms with Gasteiger partial charge < -0.3 is 4.74 Å². The summed E-state index contributed by atoms with van der Waals surface area (Å²) in [5.41, 5.74) is 0.299. The molecule has 2 aliphatic rings. The second-order valence-corrected chi connectivity index (χ2v) is 6.17. The molecule has 0 aromatic heterocycles. The molecule has 2 rings (SSSR count). The molecule has 0 amide bonds. The Hall–Kier alpha value is 0.250. The van der Waals surface area contributed by atoms with Crippen LogP contribution in [0, 0.1) is 5.92 Å². The molecule has 0 N–H and O–H groups in total. The quantitative estimate of drug-likeness (QED) is 0.661. The van der Waals surface area contributed by atoms with Crippen LogP contribution in [0.15, 0.2) is 0 Å².